The van der Waals surface area contributed by atoms with Gasteiger partial charge >= 0.3 is 0 Å². The number of fused-ring (bicyclic) bond motifs is 1. The van der Waals surface area contributed by atoms with Crippen molar-refractivity contribution in [1.82, 2.24) is 4.90 Å². The average molecular weight is 238 g/mol. The second-order valence-corrected chi connectivity index (χ2v) is 6.02. The van der Waals surface area contributed by atoms with Crippen molar-refractivity contribution in [2.45, 2.75) is 58.4 Å². The van der Waals surface area contributed by atoms with Crippen LogP contribution in [0.4, 0.5) is 0 Å². The van der Waals surface area contributed by atoms with Gasteiger partial charge in [-0.05, 0) is 44.9 Å². The molecule has 3 unspecified atom stereocenters. The van der Waals surface area contributed by atoms with Crippen LogP contribution in [0, 0.1) is 11.3 Å². The van der Waals surface area contributed by atoms with Gasteiger partial charge in [0.15, 0.2) is 0 Å². The van der Waals surface area contributed by atoms with E-state index >= 15 is 0 Å². The number of rotatable bonds is 3. The minimum atomic E-state index is -0.343. The summed E-state index contributed by atoms with van der Waals surface area (Å²) in [5.41, 5.74) is 5.47. The maximum absolute atomic E-state index is 12.7. The van der Waals surface area contributed by atoms with Crippen LogP contribution in [0.3, 0.4) is 0 Å². The molecule has 0 spiro atoms. The standard InChI is InChI=1S/C14H26N2O/c1-3-14(2,10-15)13(17)16-9-5-7-11-6-4-8-12(11)16/h11-12H,3-10,15H2,1-2H3. The summed E-state index contributed by atoms with van der Waals surface area (Å²) in [6.07, 6.45) is 7.17. The molecule has 0 bridgehead atoms. The van der Waals surface area contributed by atoms with Crippen molar-refractivity contribution in [3.05, 3.63) is 0 Å². The van der Waals surface area contributed by atoms with Gasteiger partial charge in [-0.15, -0.1) is 0 Å². The van der Waals surface area contributed by atoms with Gasteiger partial charge in [0, 0.05) is 19.1 Å². The molecule has 1 saturated heterocycles. The lowest BCUT2D eigenvalue weighted by Crippen LogP contribution is -2.53. The Morgan fingerprint density at radius 1 is 1.35 bits per heavy atom. The van der Waals surface area contributed by atoms with Gasteiger partial charge < -0.3 is 10.6 Å². The fraction of sp³-hybridized carbons (Fsp3) is 0.929. The Morgan fingerprint density at radius 3 is 2.71 bits per heavy atom. The predicted octanol–water partition coefficient (Wildman–Crippen LogP) is 2.15. The lowest BCUT2D eigenvalue weighted by molar-refractivity contribution is -0.145. The van der Waals surface area contributed by atoms with E-state index in [1.54, 1.807) is 0 Å². The number of carbonyl (C=O) groups excluding carboxylic acids is 1. The van der Waals surface area contributed by atoms with Crippen LogP contribution in [0.1, 0.15) is 52.4 Å². The normalized spacial score (nSPS) is 32.1. The van der Waals surface area contributed by atoms with E-state index in [2.05, 4.69) is 11.8 Å². The Morgan fingerprint density at radius 2 is 2.06 bits per heavy atom. The van der Waals surface area contributed by atoms with E-state index in [1.807, 2.05) is 6.92 Å². The van der Waals surface area contributed by atoms with Crippen molar-refractivity contribution in [1.29, 1.82) is 0 Å². The number of likely N-dealkylation sites (tertiary alicyclic amines) is 1. The third-order valence-electron chi connectivity index (χ3n) is 5.00. The first-order chi connectivity index (χ1) is 8.12. The first-order valence-corrected chi connectivity index (χ1v) is 7.13. The molecule has 1 aliphatic carbocycles. The number of nitrogens with zero attached hydrogens (tertiary/aromatic N) is 1. The summed E-state index contributed by atoms with van der Waals surface area (Å²) in [7, 11) is 0. The van der Waals surface area contributed by atoms with Crippen LogP contribution in [0.2, 0.25) is 0 Å². The van der Waals surface area contributed by atoms with Crippen LogP contribution in [-0.2, 0) is 4.79 Å². The Labute approximate surface area is 105 Å². The molecule has 0 aromatic heterocycles. The lowest BCUT2D eigenvalue weighted by atomic mass is 9.83. The van der Waals surface area contributed by atoms with Gasteiger partial charge in [-0.3, -0.25) is 4.79 Å². The summed E-state index contributed by atoms with van der Waals surface area (Å²) >= 11 is 0. The average Bonchev–Trinajstić information content (AvgIpc) is 2.85. The molecule has 0 radical (unpaired) electrons. The van der Waals surface area contributed by atoms with Gasteiger partial charge in [0.25, 0.3) is 0 Å². The number of nitrogens with two attached hydrogens (primary N) is 1. The Kier molecular flexibility index (Phi) is 3.76. The molecule has 1 heterocycles. The minimum Gasteiger partial charge on any atom is -0.339 e. The molecule has 17 heavy (non-hydrogen) atoms. The summed E-state index contributed by atoms with van der Waals surface area (Å²) in [5.74, 6) is 1.07. The number of hydrogen-bond donors (Lipinski definition) is 1. The Hall–Kier alpha value is -0.570. The molecule has 2 fully saturated rings. The predicted molar refractivity (Wildman–Crippen MR) is 69.5 cm³/mol. The molecule has 1 aliphatic heterocycles. The highest BCUT2D eigenvalue weighted by Crippen LogP contribution is 2.38. The van der Waals surface area contributed by atoms with Crippen LogP contribution in [0.15, 0.2) is 0 Å². The molecule has 3 heteroatoms. The van der Waals surface area contributed by atoms with E-state index in [4.69, 9.17) is 5.73 Å². The first-order valence-electron chi connectivity index (χ1n) is 7.13. The van der Waals surface area contributed by atoms with Gasteiger partial charge in [-0.2, -0.15) is 0 Å². The minimum absolute atomic E-state index is 0.305. The van der Waals surface area contributed by atoms with Gasteiger partial charge in [0.2, 0.25) is 5.91 Å². The van der Waals surface area contributed by atoms with Crippen LogP contribution in [0.25, 0.3) is 0 Å². The van der Waals surface area contributed by atoms with Crippen molar-refractivity contribution >= 4 is 5.91 Å². The molecule has 98 valence electrons. The zero-order chi connectivity index (χ0) is 12.5. The smallest absolute Gasteiger partial charge is 0.230 e. The highest BCUT2D eigenvalue weighted by molar-refractivity contribution is 5.83. The maximum atomic E-state index is 12.7. The molecule has 2 N–H and O–H groups in total. The second kappa shape index (κ2) is 4.97. The summed E-state index contributed by atoms with van der Waals surface area (Å²) in [6, 6.07) is 0.522. The van der Waals surface area contributed by atoms with Crippen molar-refractivity contribution in [3.63, 3.8) is 0 Å². The number of hydrogen-bond acceptors (Lipinski definition) is 2. The summed E-state index contributed by atoms with van der Waals surface area (Å²) in [4.78, 5) is 14.8. The Balaban J connectivity index is 2.12. The highest BCUT2D eigenvalue weighted by Gasteiger charge is 2.42. The molecule has 3 nitrogen and oxygen atoms in total. The van der Waals surface area contributed by atoms with Crippen molar-refractivity contribution in [3.8, 4) is 0 Å². The van der Waals surface area contributed by atoms with Gasteiger partial charge in [-0.1, -0.05) is 13.3 Å². The summed E-state index contributed by atoms with van der Waals surface area (Å²) in [5, 5.41) is 0. The molecule has 0 aromatic carbocycles. The fourth-order valence-corrected chi connectivity index (χ4v) is 3.44. The fourth-order valence-electron chi connectivity index (χ4n) is 3.44. The molecule has 1 saturated carbocycles. The third kappa shape index (κ3) is 2.22. The topological polar surface area (TPSA) is 46.3 Å². The molecular formula is C14H26N2O. The highest BCUT2D eigenvalue weighted by atomic mass is 16.2. The third-order valence-corrected chi connectivity index (χ3v) is 5.00. The zero-order valence-electron chi connectivity index (χ0n) is 11.2. The zero-order valence-corrected chi connectivity index (χ0v) is 11.2. The summed E-state index contributed by atoms with van der Waals surface area (Å²) in [6.45, 7) is 5.51. The van der Waals surface area contributed by atoms with Crippen molar-refractivity contribution in [2.75, 3.05) is 13.1 Å². The molecule has 2 rings (SSSR count). The van der Waals surface area contributed by atoms with Crippen molar-refractivity contribution in [2.24, 2.45) is 17.1 Å². The van der Waals surface area contributed by atoms with Crippen LogP contribution < -0.4 is 5.73 Å². The van der Waals surface area contributed by atoms with Gasteiger partial charge in [-0.25, -0.2) is 0 Å². The number of amides is 1. The maximum Gasteiger partial charge on any atom is 0.230 e. The van der Waals surface area contributed by atoms with Crippen LogP contribution in [-0.4, -0.2) is 29.9 Å². The van der Waals surface area contributed by atoms with E-state index in [0.29, 0.717) is 18.5 Å². The molecule has 0 aromatic rings. The lowest BCUT2D eigenvalue weighted by Gasteiger charge is -2.42. The van der Waals surface area contributed by atoms with Gasteiger partial charge in [0.05, 0.1) is 5.41 Å². The molecule has 1 amide bonds. The SMILES string of the molecule is CCC(C)(CN)C(=O)N1CCCC2CCCC21. The molecular weight excluding hydrogens is 212 g/mol. The first kappa shape index (κ1) is 12.9. The number of carbonyl (C=O) groups is 1. The largest absolute Gasteiger partial charge is 0.339 e. The molecule has 2 aliphatic rings. The van der Waals surface area contributed by atoms with E-state index < -0.39 is 0 Å². The van der Waals surface area contributed by atoms with Crippen LogP contribution >= 0.6 is 0 Å². The monoisotopic (exact) mass is 238 g/mol. The quantitative estimate of drug-likeness (QED) is 0.819. The van der Waals surface area contributed by atoms with E-state index in [1.165, 1.54) is 32.1 Å². The van der Waals surface area contributed by atoms with E-state index in [-0.39, 0.29) is 5.41 Å². The van der Waals surface area contributed by atoms with E-state index in [0.717, 1.165) is 18.9 Å². The van der Waals surface area contributed by atoms with E-state index in [9.17, 15) is 4.79 Å². The van der Waals surface area contributed by atoms with Crippen molar-refractivity contribution < 1.29 is 4.79 Å². The van der Waals surface area contributed by atoms with Crippen LogP contribution in [0.5, 0.6) is 0 Å². The number of piperidine rings is 1. The second-order valence-electron chi connectivity index (χ2n) is 6.02. The summed E-state index contributed by atoms with van der Waals surface area (Å²) < 4.78 is 0. The van der Waals surface area contributed by atoms with Gasteiger partial charge in [0.1, 0.15) is 0 Å². The Bertz CT molecular complexity index is 286. The molecule has 3 atom stereocenters.